The fourth-order valence-corrected chi connectivity index (χ4v) is 3.39. The highest BCUT2D eigenvalue weighted by molar-refractivity contribution is 9.10. The number of halogens is 1. The van der Waals surface area contributed by atoms with Gasteiger partial charge in [-0.05, 0) is 30.0 Å². The summed E-state index contributed by atoms with van der Waals surface area (Å²) >= 11 is 3.55. The van der Waals surface area contributed by atoms with Crippen molar-refractivity contribution in [3.63, 3.8) is 0 Å². The third kappa shape index (κ3) is 2.52. The van der Waals surface area contributed by atoms with Crippen molar-refractivity contribution in [2.45, 2.75) is 18.9 Å². The summed E-state index contributed by atoms with van der Waals surface area (Å²) in [7, 11) is 0. The topological polar surface area (TPSA) is 61.4 Å². The van der Waals surface area contributed by atoms with Gasteiger partial charge in [0.1, 0.15) is 6.54 Å². The molecule has 5 nitrogen and oxygen atoms in total. The van der Waals surface area contributed by atoms with Crippen LogP contribution in [0.5, 0.6) is 0 Å². The molecule has 1 aromatic rings. The zero-order valence-corrected chi connectivity index (χ0v) is 12.6. The van der Waals surface area contributed by atoms with E-state index in [1.54, 1.807) is 4.90 Å². The van der Waals surface area contributed by atoms with E-state index in [1.165, 1.54) is 11.1 Å². The van der Waals surface area contributed by atoms with Crippen molar-refractivity contribution in [1.29, 1.82) is 0 Å². The number of amides is 3. The number of piperazine rings is 1. The van der Waals surface area contributed by atoms with Gasteiger partial charge in [-0.2, -0.15) is 0 Å². The molecule has 1 heterocycles. The van der Waals surface area contributed by atoms with E-state index in [1.807, 2.05) is 12.1 Å². The number of urea groups is 1. The molecule has 3 amide bonds. The summed E-state index contributed by atoms with van der Waals surface area (Å²) in [5.41, 5.74) is 2.45. The van der Waals surface area contributed by atoms with Gasteiger partial charge in [0.05, 0.1) is 6.04 Å². The van der Waals surface area contributed by atoms with Crippen molar-refractivity contribution in [3.8, 4) is 0 Å². The van der Waals surface area contributed by atoms with Crippen LogP contribution in [0, 0.1) is 0 Å². The van der Waals surface area contributed by atoms with Crippen LogP contribution in [-0.4, -0.2) is 36.5 Å². The van der Waals surface area contributed by atoms with Crippen molar-refractivity contribution in [2.75, 3.05) is 19.6 Å². The predicted molar refractivity (Wildman–Crippen MR) is 78.3 cm³/mol. The third-order valence-corrected chi connectivity index (χ3v) is 4.58. The standard InChI is InChI=1S/C14H16BrN3O2/c15-11-3-1-2-10-9(11)4-5-12(10)17-14(20)18-7-6-16-13(19)8-18/h1-3,12H,4-8H2,(H,16,19)(H,17,20)/t12-/m0/s1. The largest absolute Gasteiger partial charge is 0.353 e. The molecule has 1 aromatic carbocycles. The van der Waals surface area contributed by atoms with Crippen molar-refractivity contribution < 1.29 is 9.59 Å². The molecule has 0 saturated carbocycles. The highest BCUT2D eigenvalue weighted by Gasteiger charge is 2.28. The summed E-state index contributed by atoms with van der Waals surface area (Å²) in [5.74, 6) is -0.0963. The molecule has 1 aliphatic heterocycles. The molecule has 1 fully saturated rings. The van der Waals surface area contributed by atoms with E-state index in [4.69, 9.17) is 0 Å². The van der Waals surface area contributed by atoms with Crippen LogP contribution in [0.15, 0.2) is 22.7 Å². The first kappa shape index (κ1) is 13.4. The van der Waals surface area contributed by atoms with Gasteiger partial charge in [-0.25, -0.2) is 4.79 Å². The average molecular weight is 338 g/mol. The van der Waals surface area contributed by atoms with E-state index in [-0.39, 0.29) is 24.5 Å². The SMILES string of the molecule is O=C1CN(C(=O)N[C@H]2CCc3c(Br)cccc32)CCN1. The summed E-state index contributed by atoms with van der Waals surface area (Å²) in [6, 6.07) is 5.96. The van der Waals surface area contributed by atoms with Crippen molar-refractivity contribution in [3.05, 3.63) is 33.8 Å². The second-order valence-electron chi connectivity index (χ2n) is 5.12. The van der Waals surface area contributed by atoms with Gasteiger partial charge in [-0.3, -0.25) is 4.79 Å². The minimum Gasteiger partial charge on any atom is -0.353 e. The normalized spacial score (nSPS) is 21.4. The van der Waals surface area contributed by atoms with Gasteiger partial charge in [0, 0.05) is 17.6 Å². The third-order valence-electron chi connectivity index (χ3n) is 3.84. The number of fused-ring (bicyclic) bond motifs is 1. The highest BCUT2D eigenvalue weighted by Crippen LogP contribution is 2.35. The maximum absolute atomic E-state index is 12.2. The lowest BCUT2D eigenvalue weighted by molar-refractivity contribution is -0.123. The minimum atomic E-state index is -0.155. The quantitative estimate of drug-likeness (QED) is 0.817. The Hall–Kier alpha value is -1.56. The van der Waals surface area contributed by atoms with Crippen LogP contribution in [0.1, 0.15) is 23.6 Å². The molecule has 0 aromatic heterocycles. The van der Waals surface area contributed by atoms with Crippen molar-refractivity contribution in [1.82, 2.24) is 15.5 Å². The predicted octanol–water partition coefficient (Wildman–Crippen LogP) is 1.58. The van der Waals surface area contributed by atoms with E-state index in [0.717, 1.165) is 17.3 Å². The maximum Gasteiger partial charge on any atom is 0.318 e. The lowest BCUT2D eigenvalue weighted by Gasteiger charge is -2.28. The molecule has 106 valence electrons. The van der Waals surface area contributed by atoms with Crippen molar-refractivity contribution in [2.24, 2.45) is 0 Å². The first-order chi connectivity index (χ1) is 9.65. The van der Waals surface area contributed by atoms with Crippen LogP contribution in [0.3, 0.4) is 0 Å². The van der Waals surface area contributed by atoms with E-state index < -0.39 is 0 Å². The van der Waals surface area contributed by atoms with Crippen LogP contribution >= 0.6 is 15.9 Å². The molecule has 1 atom stereocenters. The first-order valence-electron chi connectivity index (χ1n) is 6.74. The number of carbonyl (C=O) groups is 2. The molecule has 1 saturated heterocycles. The molecule has 2 N–H and O–H groups in total. The number of nitrogens with one attached hydrogen (secondary N) is 2. The Balaban J connectivity index is 1.69. The number of carbonyl (C=O) groups excluding carboxylic acids is 2. The highest BCUT2D eigenvalue weighted by atomic mass is 79.9. The molecule has 0 unspecified atom stereocenters. The van der Waals surface area contributed by atoms with Gasteiger partial charge >= 0.3 is 6.03 Å². The molecule has 0 radical (unpaired) electrons. The summed E-state index contributed by atoms with van der Waals surface area (Å²) in [6.07, 6.45) is 1.87. The van der Waals surface area contributed by atoms with E-state index in [9.17, 15) is 9.59 Å². The van der Waals surface area contributed by atoms with Gasteiger partial charge in [-0.15, -0.1) is 0 Å². The summed E-state index contributed by atoms with van der Waals surface area (Å²) in [6.45, 7) is 1.23. The number of hydrogen-bond acceptors (Lipinski definition) is 2. The fourth-order valence-electron chi connectivity index (χ4n) is 2.81. The second-order valence-corrected chi connectivity index (χ2v) is 5.97. The Morgan fingerprint density at radius 2 is 2.30 bits per heavy atom. The second kappa shape index (κ2) is 5.44. The van der Waals surface area contributed by atoms with Gasteiger partial charge < -0.3 is 15.5 Å². The monoisotopic (exact) mass is 337 g/mol. The Labute approximate surface area is 125 Å². The maximum atomic E-state index is 12.2. The lowest BCUT2D eigenvalue weighted by Crippen LogP contribution is -2.53. The lowest BCUT2D eigenvalue weighted by atomic mass is 10.1. The Morgan fingerprint density at radius 1 is 1.45 bits per heavy atom. The Kier molecular flexibility index (Phi) is 3.65. The molecule has 20 heavy (non-hydrogen) atoms. The fraction of sp³-hybridized carbons (Fsp3) is 0.429. The molecule has 0 bridgehead atoms. The smallest absolute Gasteiger partial charge is 0.318 e. The molecular weight excluding hydrogens is 322 g/mol. The number of hydrogen-bond donors (Lipinski definition) is 2. The van der Waals surface area contributed by atoms with Crippen molar-refractivity contribution >= 4 is 27.9 Å². The summed E-state index contributed by atoms with van der Waals surface area (Å²) in [5, 5.41) is 5.76. The zero-order valence-electron chi connectivity index (χ0n) is 11.0. The number of benzene rings is 1. The van der Waals surface area contributed by atoms with E-state index >= 15 is 0 Å². The molecule has 1 aliphatic carbocycles. The van der Waals surface area contributed by atoms with E-state index in [2.05, 4.69) is 32.6 Å². The molecule has 2 aliphatic rings. The van der Waals surface area contributed by atoms with Gasteiger partial charge in [0.15, 0.2) is 0 Å². The van der Waals surface area contributed by atoms with Gasteiger partial charge in [0.2, 0.25) is 5.91 Å². The van der Waals surface area contributed by atoms with Gasteiger partial charge in [0.25, 0.3) is 0 Å². The van der Waals surface area contributed by atoms with Crippen LogP contribution in [0.2, 0.25) is 0 Å². The average Bonchev–Trinajstić information content (AvgIpc) is 2.83. The minimum absolute atomic E-state index is 0.0417. The molecule has 6 heteroatoms. The number of nitrogens with zero attached hydrogens (tertiary/aromatic N) is 1. The summed E-state index contributed by atoms with van der Waals surface area (Å²) in [4.78, 5) is 25.1. The molecule has 0 spiro atoms. The zero-order chi connectivity index (χ0) is 14.1. The first-order valence-corrected chi connectivity index (χ1v) is 7.54. The van der Waals surface area contributed by atoms with Crippen LogP contribution in [0.4, 0.5) is 4.79 Å². The van der Waals surface area contributed by atoms with Crippen LogP contribution in [0.25, 0.3) is 0 Å². The summed E-state index contributed by atoms with van der Waals surface area (Å²) < 4.78 is 1.10. The Bertz CT molecular complexity index is 561. The molecular formula is C14H16BrN3O2. The molecule has 3 rings (SSSR count). The Morgan fingerprint density at radius 3 is 3.10 bits per heavy atom. The van der Waals surface area contributed by atoms with Crippen LogP contribution < -0.4 is 10.6 Å². The van der Waals surface area contributed by atoms with E-state index in [0.29, 0.717) is 13.1 Å². The van der Waals surface area contributed by atoms with Crippen LogP contribution in [-0.2, 0) is 11.2 Å². The van der Waals surface area contributed by atoms with Gasteiger partial charge in [-0.1, -0.05) is 28.1 Å². The number of rotatable bonds is 1.